The topological polar surface area (TPSA) is 24.9 Å². The van der Waals surface area contributed by atoms with Gasteiger partial charge < -0.3 is 5.32 Å². The first-order chi connectivity index (χ1) is 7.65. The Morgan fingerprint density at radius 3 is 2.56 bits per heavy atom. The number of aryl methyl sites for hydroxylation is 2. The van der Waals surface area contributed by atoms with Crippen LogP contribution in [0.15, 0.2) is 30.5 Å². The number of anilines is 1. The molecule has 0 aliphatic carbocycles. The SMILES string of the molecule is Cc1ccc(NC(C)c2ccc(C)s2)nc1. The Morgan fingerprint density at radius 1 is 1.19 bits per heavy atom. The number of aromatic nitrogens is 1. The first-order valence-electron chi connectivity index (χ1n) is 5.40. The standard InChI is InChI=1S/C13H16N2S/c1-9-4-7-13(14-8-9)15-11(3)12-6-5-10(2)16-12/h4-8,11H,1-3H3,(H,14,15). The summed E-state index contributed by atoms with van der Waals surface area (Å²) in [6, 6.07) is 8.73. The van der Waals surface area contributed by atoms with E-state index in [4.69, 9.17) is 0 Å². The van der Waals surface area contributed by atoms with Crippen molar-refractivity contribution in [3.05, 3.63) is 45.8 Å². The summed E-state index contributed by atoms with van der Waals surface area (Å²) < 4.78 is 0. The molecule has 2 heterocycles. The van der Waals surface area contributed by atoms with Crippen LogP contribution in [0.25, 0.3) is 0 Å². The molecule has 2 rings (SSSR count). The lowest BCUT2D eigenvalue weighted by Gasteiger charge is -2.12. The van der Waals surface area contributed by atoms with Gasteiger partial charge in [0, 0.05) is 16.0 Å². The molecule has 0 radical (unpaired) electrons. The highest BCUT2D eigenvalue weighted by atomic mass is 32.1. The Labute approximate surface area is 100 Å². The van der Waals surface area contributed by atoms with Crippen molar-refractivity contribution in [3.63, 3.8) is 0 Å². The smallest absolute Gasteiger partial charge is 0.126 e. The van der Waals surface area contributed by atoms with Crippen molar-refractivity contribution < 1.29 is 0 Å². The van der Waals surface area contributed by atoms with Crippen LogP contribution in [0.2, 0.25) is 0 Å². The molecule has 84 valence electrons. The summed E-state index contributed by atoms with van der Waals surface area (Å²) >= 11 is 1.83. The van der Waals surface area contributed by atoms with Gasteiger partial charge in [0.15, 0.2) is 0 Å². The molecule has 0 fully saturated rings. The summed E-state index contributed by atoms with van der Waals surface area (Å²) in [5.41, 5.74) is 1.19. The van der Waals surface area contributed by atoms with Gasteiger partial charge >= 0.3 is 0 Å². The quantitative estimate of drug-likeness (QED) is 0.867. The summed E-state index contributed by atoms with van der Waals surface area (Å²) in [5, 5.41) is 3.40. The largest absolute Gasteiger partial charge is 0.363 e. The minimum atomic E-state index is 0.314. The highest BCUT2D eigenvalue weighted by molar-refractivity contribution is 7.12. The third kappa shape index (κ3) is 2.61. The Hall–Kier alpha value is -1.35. The van der Waals surface area contributed by atoms with Crippen molar-refractivity contribution in [3.8, 4) is 0 Å². The molecule has 0 amide bonds. The molecule has 2 aromatic heterocycles. The second-order valence-electron chi connectivity index (χ2n) is 4.04. The first kappa shape index (κ1) is 11.1. The van der Waals surface area contributed by atoms with Crippen LogP contribution in [-0.4, -0.2) is 4.98 Å². The van der Waals surface area contributed by atoms with Crippen molar-refractivity contribution in [1.82, 2.24) is 4.98 Å². The number of pyridine rings is 1. The average molecular weight is 232 g/mol. The minimum Gasteiger partial charge on any atom is -0.363 e. The van der Waals surface area contributed by atoms with Gasteiger partial charge in [-0.15, -0.1) is 11.3 Å². The van der Waals surface area contributed by atoms with Gasteiger partial charge in [0.05, 0.1) is 6.04 Å². The van der Waals surface area contributed by atoms with Crippen LogP contribution < -0.4 is 5.32 Å². The summed E-state index contributed by atoms with van der Waals surface area (Å²) in [6.07, 6.45) is 1.88. The maximum Gasteiger partial charge on any atom is 0.126 e. The van der Waals surface area contributed by atoms with Crippen LogP contribution in [0.1, 0.15) is 28.3 Å². The monoisotopic (exact) mass is 232 g/mol. The maximum absolute atomic E-state index is 4.34. The lowest BCUT2D eigenvalue weighted by atomic mass is 10.2. The fourth-order valence-corrected chi connectivity index (χ4v) is 2.41. The van der Waals surface area contributed by atoms with E-state index >= 15 is 0 Å². The number of nitrogens with zero attached hydrogens (tertiary/aromatic N) is 1. The molecule has 0 aromatic carbocycles. The van der Waals surface area contributed by atoms with E-state index in [9.17, 15) is 0 Å². The van der Waals surface area contributed by atoms with E-state index in [0.29, 0.717) is 6.04 Å². The minimum absolute atomic E-state index is 0.314. The van der Waals surface area contributed by atoms with Gasteiger partial charge in [-0.05, 0) is 44.5 Å². The third-order valence-electron chi connectivity index (χ3n) is 2.46. The number of thiophene rings is 1. The second kappa shape index (κ2) is 4.66. The Bertz CT molecular complexity index is 459. The van der Waals surface area contributed by atoms with Crippen molar-refractivity contribution in [2.45, 2.75) is 26.8 Å². The predicted octanol–water partition coefficient (Wildman–Crippen LogP) is 3.93. The molecule has 0 aliphatic heterocycles. The molecule has 16 heavy (non-hydrogen) atoms. The van der Waals surface area contributed by atoms with Crippen molar-refractivity contribution in [1.29, 1.82) is 0 Å². The average Bonchev–Trinajstić information content (AvgIpc) is 2.68. The van der Waals surface area contributed by atoms with Crippen LogP contribution in [0.5, 0.6) is 0 Å². The lowest BCUT2D eigenvalue weighted by Crippen LogP contribution is -2.06. The Balaban J connectivity index is 2.07. The molecule has 0 bridgehead atoms. The molecule has 2 aromatic rings. The molecule has 1 unspecified atom stereocenters. The van der Waals surface area contributed by atoms with E-state index in [1.165, 1.54) is 15.3 Å². The van der Waals surface area contributed by atoms with E-state index in [2.05, 4.69) is 42.3 Å². The number of hydrogen-bond acceptors (Lipinski definition) is 3. The Morgan fingerprint density at radius 2 is 2.00 bits per heavy atom. The van der Waals surface area contributed by atoms with Crippen molar-refractivity contribution in [2.24, 2.45) is 0 Å². The summed E-state index contributed by atoms with van der Waals surface area (Å²) in [7, 11) is 0. The predicted molar refractivity (Wildman–Crippen MR) is 70.1 cm³/mol. The molecule has 1 atom stereocenters. The Kier molecular flexibility index (Phi) is 3.25. The van der Waals surface area contributed by atoms with Gasteiger partial charge in [-0.2, -0.15) is 0 Å². The number of hydrogen-bond donors (Lipinski definition) is 1. The van der Waals surface area contributed by atoms with Crippen LogP contribution in [-0.2, 0) is 0 Å². The third-order valence-corrected chi connectivity index (χ3v) is 3.65. The molecular weight excluding hydrogens is 216 g/mol. The van der Waals surface area contributed by atoms with Gasteiger partial charge in [-0.3, -0.25) is 0 Å². The molecule has 2 nitrogen and oxygen atoms in total. The van der Waals surface area contributed by atoms with Crippen molar-refractivity contribution >= 4 is 17.2 Å². The summed E-state index contributed by atoms with van der Waals surface area (Å²) in [5.74, 6) is 0.934. The van der Waals surface area contributed by atoms with Gasteiger partial charge in [-0.25, -0.2) is 4.98 Å². The second-order valence-corrected chi connectivity index (χ2v) is 5.35. The van der Waals surface area contributed by atoms with Crippen LogP contribution in [0, 0.1) is 13.8 Å². The molecule has 0 saturated carbocycles. The van der Waals surface area contributed by atoms with E-state index in [1.54, 1.807) is 0 Å². The highest BCUT2D eigenvalue weighted by Crippen LogP contribution is 2.24. The van der Waals surface area contributed by atoms with Crippen LogP contribution in [0.3, 0.4) is 0 Å². The van der Waals surface area contributed by atoms with E-state index in [1.807, 2.05) is 30.5 Å². The number of nitrogens with one attached hydrogen (secondary N) is 1. The van der Waals surface area contributed by atoms with Gasteiger partial charge in [0.25, 0.3) is 0 Å². The molecule has 0 aliphatic rings. The van der Waals surface area contributed by atoms with Crippen molar-refractivity contribution in [2.75, 3.05) is 5.32 Å². The molecule has 0 saturated heterocycles. The van der Waals surface area contributed by atoms with Crippen LogP contribution in [0.4, 0.5) is 5.82 Å². The zero-order valence-corrected chi connectivity index (χ0v) is 10.6. The van der Waals surface area contributed by atoms with E-state index < -0.39 is 0 Å². The molecular formula is C13H16N2S. The van der Waals surface area contributed by atoms with Gasteiger partial charge in [0.2, 0.25) is 0 Å². The fraction of sp³-hybridized carbons (Fsp3) is 0.308. The molecule has 1 N–H and O–H groups in total. The zero-order chi connectivity index (χ0) is 11.5. The zero-order valence-electron chi connectivity index (χ0n) is 9.82. The van der Waals surface area contributed by atoms with E-state index in [-0.39, 0.29) is 0 Å². The van der Waals surface area contributed by atoms with Gasteiger partial charge in [0.1, 0.15) is 5.82 Å². The van der Waals surface area contributed by atoms with Crippen LogP contribution >= 0.6 is 11.3 Å². The molecule has 0 spiro atoms. The number of rotatable bonds is 3. The normalized spacial score (nSPS) is 12.4. The highest BCUT2D eigenvalue weighted by Gasteiger charge is 2.07. The summed E-state index contributed by atoms with van der Waals surface area (Å²) in [4.78, 5) is 7.04. The molecule has 3 heteroatoms. The summed E-state index contributed by atoms with van der Waals surface area (Å²) in [6.45, 7) is 6.33. The first-order valence-corrected chi connectivity index (χ1v) is 6.22. The lowest BCUT2D eigenvalue weighted by molar-refractivity contribution is 0.896. The van der Waals surface area contributed by atoms with Gasteiger partial charge in [-0.1, -0.05) is 6.07 Å². The van der Waals surface area contributed by atoms with E-state index in [0.717, 1.165) is 5.82 Å². The maximum atomic E-state index is 4.34. The fourth-order valence-electron chi connectivity index (χ4n) is 1.53.